The van der Waals surface area contributed by atoms with Gasteiger partial charge in [0.05, 0.1) is 17.3 Å². The molecule has 0 aliphatic rings. The Morgan fingerprint density at radius 3 is 2.46 bits per heavy atom. The van der Waals surface area contributed by atoms with Crippen LogP contribution >= 0.6 is 23.2 Å². The van der Waals surface area contributed by atoms with Crippen LogP contribution in [0.4, 0.5) is 0 Å². The number of nitrogens with two attached hydrogens (primary N) is 1. The first kappa shape index (κ1) is 20.0. The Kier molecular flexibility index (Phi) is 5.79. The minimum atomic E-state index is -0.758. The van der Waals surface area contributed by atoms with Gasteiger partial charge in [-0.15, -0.1) is 5.10 Å². The van der Waals surface area contributed by atoms with E-state index in [2.05, 4.69) is 10.1 Å². The molecule has 0 aliphatic carbocycles. The van der Waals surface area contributed by atoms with E-state index in [9.17, 15) is 9.59 Å². The van der Waals surface area contributed by atoms with Gasteiger partial charge in [0.2, 0.25) is 5.82 Å². The molecular formula is C19H17Cl2N5O2. The molecule has 28 heavy (non-hydrogen) atoms. The second-order valence-corrected chi connectivity index (χ2v) is 7.18. The lowest BCUT2D eigenvalue weighted by Crippen LogP contribution is -2.17. The molecule has 0 spiro atoms. The minimum absolute atomic E-state index is 0.136. The van der Waals surface area contributed by atoms with Gasteiger partial charge in [-0.2, -0.15) is 0 Å². The molecule has 3 rings (SSSR count). The minimum Gasteiger partial charge on any atom is -0.363 e. The van der Waals surface area contributed by atoms with Gasteiger partial charge in [0, 0.05) is 16.1 Å². The lowest BCUT2D eigenvalue weighted by atomic mass is 10.0. The summed E-state index contributed by atoms with van der Waals surface area (Å²) >= 11 is 12.3. The normalized spacial score (nSPS) is 11.0. The molecule has 1 heterocycles. The van der Waals surface area contributed by atoms with Gasteiger partial charge in [0.25, 0.3) is 5.91 Å². The Labute approximate surface area is 171 Å². The van der Waals surface area contributed by atoms with Crippen molar-refractivity contribution in [2.75, 3.05) is 14.1 Å². The first-order valence-corrected chi connectivity index (χ1v) is 9.03. The van der Waals surface area contributed by atoms with Crippen LogP contribution in [0.2, 0.25) is 10.0 Å². The molecule has 2 aromatic carbocycles. The lowest BCUT2D eigenvalue weighted by Gasteiger charge is -2.14. The monoisotopic (exact) mass is 417 g/mol. The molecular weight excluding hydrogens is 401 g/mol. The van der Waals surface area contributed by atoms with Crippen LogP contribution in [0.3, 0.4) is 0 Å². The predicted molar refractivity (Wildman–Crippen MR) is 107 cm³/mol. The summed E-state index contributed by atoms with van der Waals surface area (Å²) in [5.41, 5.74) is 6.37. The highest BCUT2D eigenvalue weighted by Gasteiger charge is 2.22. The highest BCUT2D eigenvalue weighted by atomic mass is 35.5. The predicted octanol–water partition coefficient (Wildman–Crippen LogP) is 2.97. The van der Waals surface area contributed by atoms with Gasteiger partial charge in [-0.25, -0.2) is 9.67 Å². The number of nitrogens with zero attached hydrogens (tertiary/aromatic N) is 4. The number of rotatable bonds is 6. The molecule has 1 amide bonds. The van der Waals surface area contributed by atoms with Crippen LogP contribution in [0.25, 0.3) is 5.69 Å². The number of carbonyl (C=O) groups is 2. The van der Waals surface area contributed by atoms with Crippen LogP contribution in [0.5, 0.6) is 0 Å². The first-order chi connectivity index (χ1) is 13.3. The van der Waals surface area contributed by atoms with Crippen molar-refractivity contribution in [2.24, 2.45) is 5.73 Å². The third kappa shape index (κ3) is 4.06. The zero-order valence-corrected chi connectivity index (χ0v) is 16.7. The van der Waals surface area contributed by atoms with Crippen LogP contribution in [-0.2, 0) is 6.54 Å². The van der Waals surface area contributed by atoms with E-state index in [1.54, 1.807) is 36.4 Å². The van der Waals surface area contributed by atoms with E-state index in [4.69, 9.17) is 28.9 Å². The zero-order chi connectivity index (χ0) is 20.4. The van der Waals surface area contributed by atoms with Gasteiger partial charge in [-0.1, -0.05) is 35.3 Å². The van der Waals surface area contributed by atoms with Gasteiger partial charge in [0.1, 0.15) is 5.82 Å². The number of hydrogen-bond acceptors (Lipinski definition) is 5. The Morgan fingerprint density at radius 1 is 1.11 bits per heavy atom. The third-order valence-electron chi connectivity index (χ3n) is 3.90. The lowest BCUT2D eigenvalue weighted by molar-refractivity contribution is 0.0989. The number of amides is 1. The van der Waals surface area contributed by atoms with Crippen molar-refractivity contribution in [3.8, 4) is 5.69 Å². The highest BCUT2D eigenvalue weighted by Crippen LogP contribution is 2.26. The van der Waals surface area contributed by atoms with E-state index < -0.39 is 5.91 Å². The molecule has 0 aliphatic heterocycles. The molecule has 0 unspecified atom stereocenters. The van der Waals surface area contributed by atoms with Gasteiger partial charge < -0.3 is 10.6 Å². The topological polar surface area (TPSA) is 94.1 Å². The fourth-order valence-electron chi connectivity index (χ4n) is 2.69. The fourth-order valence-corrected chi connectivity index (χ4v) is 3.09. The number of halogens is 2. The van der Waals surface area contributed by atoms with Crippen molar-refractivity contribution in [1.82, 2.24) is 19.7 Å². The van der Waals surface area contributed by atoms with Gasteiger partial charge >= 0.3 is 0 Å². The summed E-state index contributed by atoms with van der Waals surface area (Å²) in [4.78, 5) is 30.8. The van der Waals surface area contributed by atoms with Crippen LogP contribution in [0.1, 0.15) is 32.4 Å². The van der Waals surface area contributed by atoms with Crippen molar-refractivity contribution >= 4 is 34.9 Å². The maximum Gasteiger partial charge on any atom is 0.288 e. The second-order valence-electron chi connectivity index (χ2n) is 6.34. The van der Waals surface area contributed by atoms with E-state index >= 15 is 0 Å². The smallest absolute Gasteiger partial charge is 0.288 e. The second kappa shape index (κ2) is 8.10. The maximum absolute atomic E-state index is 13.2. The molecule has 2 N–H and O–H groups in total. The van der Waals surface area contributed by atoms with E-state index in [0.717, 1.165) is 0 Å². The number of hydrogen-bond donors (Lipinski definition) is 1. The Hall–Kier alpha value is -2.74. The highest BCUT2D eigenvalue weighted by molar-refractivity contribution is 6.35. The summed E-state index contributed by atoms with van der Waals surface area (Å²) in [6, 6.07) is 11.5. The van der Waals surface area contributed by atoms with Crippen molar-refractivity contribution in [3.05, 3.63) is 75.3 Å². The summed E-state index contributed by atoms with van der Waals surface area (Å²) in [6.07, 6.45) is 0. The van der Waals surface area contributed by atoms with Crippen LogP contribution < -0.4 is 5.73 Å². The van der Waals surface area contributed by atoms with Gasteiger partial charge in [-0.05, 0) is 44.4 Å². The van der Waals surface area contributed by atoms with Gasteiger partial charge in [0.15, 0.2) is 5.78 Å². The number of ketones is 1. The molecule has 0 bridgehead atoms. The van der Waals surface area contributed by atoms with E-state index in [1.807, 2.05) is 19.0 Å². The fraction of sp³-hybridized carbons (Fsp3) is 0.158. The molecule has 0 fully saturated rings. The summed E-state index contributed by atoms with van der Waals surface area (Å²) in [6.45, 7) is 0.378. The van der Waals surface area contributed by atoms with Crippen molar-refractivity contribution < 1.29 is 9.59 Å². The maximum atomic E-state index is 13.2. The molecule has 3 aromatic rings. The van der Waals surface area contributed by atoms with Crippen LogP contribution in [0.15, 0.2) is 42.5 Å². The quantitative estimate of drug-likeness (QED) is 0.622. The molecule has 0 radical (unpaired) electrons. The number of carbonyl (C=O) groups excluding carboxylic acids is 2. The summed E-state index contributed by atoms with van der Waals surface area (Å²) in [7, 11) is 3.70. The Balaban J connectivity index is 2.20. The SMILES string of the molecule is CN(C)Cc1nc(C(N)=O)nn1-c1ccc(Cl)cc1C(=O)c1ccccc1Cl. The summed E-state index contributed by atoms with van der Waals surface area (Å²) in [5.74, 6) is -0.765. The van der Waals surface area contributed by atoms with Crippen LogP contribution in [-0.4, -0.2) is 45.5 Å². The molecule has 0 saturated heterocycles. The van der Waals surface area contributed by atoms with Gasteiger partial charge in [-0.3, -0.25) is 9.59 Å². The first-order valence-electron chi connectivity index (χ1n) is 8.27. The zero-order valence-electron chi connectivity index (χ0n) is 15.2. The number of primary amides is 1. The standard InChI is InChI=1S/C19H17Cl2N5O2/c1-25(2)10-16-23-19(18(22)28)24-26(16)15-8-7-11(20)9-13(15)17(27)12-5-3-4-6-14(12)21/h3-9H,10H2,1-2H3,(H2,22,28). The van der Waals surface area contributed by atoms with E-state index in [0.29, 0.717) is 33.7 Å². The third-order valence-corrected chi connectivity index (χ3v) is 4.47. The average Bonchev–Trinajstić information content (AvgIpc) is 3.04. The number of aromatic nitrogens is 3. The van der Waals surface area contributed by atoms with E-state index in [-0.39, 0.29) is 17.2 Å². The molecule has 0 saturated carbocycles. The molecule has 0 atom stereocenters. The summed E-state index contributed by atoms with van der Waals surface area (Å²) in [5, 5.41) is 4.90. The van der Waals surface area contributed by atoms with Crippen molar-refractivity contribution in [2.45, 2.75) is 6.54 Å². The molecule has 9 heteroatoms. The Morgan fingerprint density at radius 2 is 1.82 bits per heavy atom. The molecule has 1 aromatic heterocycles. The number of benzene rings is 2. The largest absolute Gasteiger partial charge is 0.363 e. The van der Waals surface area contributed by atoms with Crippen LogP contribution in [0, 0.1) is 0 Å². The van der Waals surface area contributed by atoms with Crippen molar-refractivity contribution in [1.29, 1.82) is 0 Å². The molecule has 7 nitrogen and oxygen atoms in total. The average molecular weight is 418 g/mol. The Bertz CT molecular complexity index is 1060. The van der Waals surface area contributed by atoms with Crippen molar-refractivity contribution in [3.63, 3.8) is 0 Å². The summed E-state index contributed by atoms with van der Waals surface area (Å²) < 4.78 is 1.43. The van der Waals surface area contributed by atoms with E-state index in [1.165, 1.54) is 10.7 Å². The molecule has 144 valence electrons.